The molecule has 0 fully saturated rings. The Kier molecular flexibility index (Phi) is 3.72. The van der Waals surface area contributed by atoms with Crippen molar-refractivity contribution in [3.8, 4) is 0 Å². The predicted octanol–water partition coefficient (Wildman–Crippen LogP) is 4.51. The third-order valence-electron chi connectivity index (χ3n) is 3.51. The fraction of sp³-hybridized carbons (Fsp3) is 0.267. The molecule has 0 atom stereocenters. The van der Waals surface area contributed by atoms with E-state index in [1.807, 2.05) is 6.07 Å². The molecule has 0 unspecified atom stereocenters. The Labute approximate surface area is 128 Å². The van der Waals surface area contributed by atoms with Crippen LogP contribution in [0.2, 0.25) is 10.0 Å². The van der Waals surface area contributed by atoms with Gasteiger partial charge in [-0.15, -0.1) is 0 Å². The van der Waals surface area contributed by atoms with E-state index in [1.165, 1.54) is 11.3 Å². The topological polar surface area (TPSA) is 28.2 Å². The summed E-state index contributed by atoms with van der Waals surface area (Å²) in [5, 5.41) is 4.11. The summed E-state index contributed by atoms with van der Waals surface area (Å²) >= 11 is 12.5. The monoisotopic (exact) mass is 307 g/mol. The highest BCUT2D eigenvalue weighted by Crippen LogP contribution is 2.38. The molecule has 0 amide bonds. The van der Waals surface area contributed by atoms with Crippen LogP contribution in [0, 0.1) is 0 Å². The first kappa shape index (κ1) is 13.5. The molecule has 2 aromatic rings. The third-order valence-corrected chi connectivity index (χ3v) is 4.08. The molecule has 0 aliphatic carbocycles. The number of aryl methyl sites for hydroxylation is 1. The maximum Gasteiger partial charge on any atom is 0.154 e. The van der Waals surface area contributed by atoms with E-state index in [-0.39, 0.29) is 0 Å². The van der Waals surface area contributed by atoms with Crippen molar-refractivity contribution in [3.63, 3.8) is 0 Å². The number of pyridine rings is 1. The number of rotatable bonds is 2. The van der Waals surface area contributed by atoms with E-state index in [0.29, 0.717) is 15.9 Å². The van der Waals surface area contributed by atoms with Crippen molar-refractivity contribution in [1.29, 1.82) is 0 Å². The Morgan fingerprint density at radius 1 is 1.20 bits per heavy atom. The van der Waals surface area contributed by atoms with Crippen LogP contribution in [0.4, 0.5) is 17.3 Å². The SMILES string of the molecule is CNc1nc(N2CCCc3ccccc32)c(Cl)cc1Cl. The maximum atomic E-state index is 6.34. The van der Waals surface area contributed by atoms with Gasteiger partial charge in [-0.2, -0.15) is 0 Å². The zero-order valence-electron chi connectivity index (χ0n) is 11.2. The van der Waals surface area contributed by atoms with Gasteiger partial charge in [-0.25, -0.2) is 4.98 Å². The Hall–Kier alpha value is -1.45. The molecular formula is C15H15Cl2N3. The van der Waals surface area contributed by atoms with Crippen molar-refractivity contribution in [2.75, 3.05) is 23.8 Å². The molecule has 2 heterocycles. The maximum absolute atomic E-state index is 6.34. The fourth-order valence-corrected chi connectivity index (χ4v) is 3.13. The second-order valence-corrected chi connectivity index (χ2v) is 5.57. The second kappa shape index (κ2) is 5.51. The van der Waals surface area contributed by atoms with Crippen LogP contribution < -0.4 is 10.2 Å². The number of nitrogens with zero attached hydrogens (tertiary/aromatic N) is 2. The first-order chi connectivity index (χ1) is 9.70. The molecule has 1 aliphatic rings. The zero-order valence-corrected chi connectivity index (χ0v) is 12.7. The molecule has 5 heteroatoms. The Balaban J connectivity index is 2.11. The lowest BCUT2D eigenvalue weighted by molar-refractivity contribution is 0.760. The van der Waals surface area contributed by atoms with Gasteiger partial charge in [0.2, 0.25) is 0 Å². The van der Waals surface area contributed by atoms with Crippen LogP contribution in [0.15, 0.2) is 30.3 Å². The molecule has 20 heavy (non-hydrogen) atoms. The number of nitrogens with one attached hydrogen (secondary N) is 1. The minimum atomic E-state index is 0.534. The largest absolute Gasteiger partial charge is 0.372 e. The van der Waals surface area contributed by atoms with Crippen molar-refractivity contribution in [3.05, 3.63) is 45.9 Å². The van der Waals surface area contributed by atoms with Crippen LogP contribution in [-0.4, -0.2) is 18.6 Å². The van der Waals surface area contributed by atoms with Gasteiger partial charge in [0.25, 0.3) is 0 Å². The van der Waals surface area contributed by atoms with E-state index in [2.05, 4.69) is 33.4 Å². The summed E-state index contributed by atoms with van der Waals surface area (Å²) in [6, 6.07) is 10.1. The fourth-order valence-electron chi connectivity index (χ4n) is 2.58. The molecule has 0 saturated carbocycles. The van der Waals surface area contributed by atoms with Crippen LogP contribution in [0.5, 0.6) is 0 Å². The van der Waals surface area contributed by atoms with E-state index in [4.69, 9.17) is 23.2 Å². The van der Waals surface area contributed by atoms with E-state index in [9.17, 15) is 0 Å². The highest BCUT2D eigenvalue weighted by Gasteiger charge is 2.22. The summed E-state index contributed by atoms with van der Waals surface area (Å²) in [6.07, 6.45) is 2.18. The smallest absolute Gasteiger partial charge is 0.154 e. The number of benzene rings is 1. The standard InChI is InChI=1S/C15H15Cl2N3/c1-18-14-11(16)9-12(17)15(19-14)20-8-4-6-10-5-2-3-7-13(10)20/h2-3,5,7,9H,4,6,8H2,1H3,(H,18,19). The van der Waals surface area contributed by atoms with Gasteiger partial charge < -0.3 is 10.2 Å². The van der Waals surface area contributed by atoms with E-state index in [0.717, 1.165) is 25.2 Å². The van der Waals surface area contributed by atoms with Gasteiger partial charge in [-0.3, -0.25) is 0 Å². The average molecular weight is 308 g/mol. The molecule has 0 spiro atoms. The molecular weight excluding hydrogens is 293 g/mol. The third kappa shape index (κ3) is 2.32. The molecule has 0 radical (unpaired) electrons. The van der Waals surface area contributed by atoms with Gasteiger partial charge in [0.05, 0.1) is 10.0 Å². The molecule has 1 aromatic heterocycles. The van der Waals surface area contributed by atoms with Gasteiger partial charge in [-0.1, -0.05) is 41.4 Å². The lowest BCUT2D eigenvalue weighted by atomic mass is 10.0. The summed E-state index contributed by atoms with van der Waals surface area (Å²) < 4.78 is 0. The lowest BCUT2D eigenvalue weighted by Crippen LogP contribution is -2.25. The molecule has 0 saturated heterocycles. The molecule has 3 rings (SSSR count). The summed E-state index contributed by atoms with van der Waals surface area (Å²) in [6.45, 7) is 0.911. The second-order valence-electron chi connectivity index (χ2n) is 4.76. The number of para-hydroxylation sites is 1. The minimum absolute atomic E-state index is 0.534. The molecule has 1 N–H and O–H groups in total. The number of hydrogen-bond acceptors (Lipinski definition) is 3. The van der Waals surface area contributed by atoms with Crippen LogP contribution in [0.25, 0.3) is 0 Å². The molecule has 104 valence electrons. The van der Waals surface area contributed by atoms with Crippen molar-refractivity contribution in [2.24, 2.45) is 0 Å². The molecule has 3 nitrogen and oxygen atoms in total. The highest BCUT2D eigenvalue weighted by atomic mass is 35.5. The van der Waals surface area contributed by atoms with Gasteiger partial charge in [0.1, 0.15) is 5.82 Å². The summed E-state index contributed by atoms with van der Waals surface area (Å²) in [7, 11) is 1.80. The lowest BCUT2D eigenvalue weighted by Gasteiger charge is -2.31. The first-order valence-corrected chi connectivity index (χ1v) is 7.35. The normalized spacial score (nSPS) is 14.1. The predicted molar refractivity (Wildman–Crippen MR) is 85.6 cm³/mol. The van der Waals surface area contributed by atoms with Gasteiger partial charge in [0.15, 0.2) is 5.82 Å². The van der Waals surface area contributed by atoms with E-state index < -0.39 is 0 Å². The van der Waals surface area contributed by atoms with Crippen LogP contribution in [-0.2, 0) is 6.42 Å². The first-order valence-electron chi connectivity index (χ1n) is 6.60. The number of aromatic nitrogens is 1. The van der Waals surface area contributed by atoms with Gasteiger partial charge in [0, 0.05) is 19.3 Å². The van der Waals surface area contributed by atoms with Crippen molar-refractivity contribution in [2.45, 2.75) is 12.8 Å². The van der Waals surface area contributed by atoms with Crippen LogP contribution in [0.1, 0.15) is 12.0 Å². The van der Waals surface area contributed by atoms with Crippen molar-refractivity contribution in [1.82, 2.24) is 4.98 Å². The van der Waals surface area contributed by atoms with Crippen molar-refractivity contribution >= 4 is 40.5 Å². The zero-order chi connectivity index (χ0) is 14.1. The van der Waals surface area contributed by atoms with Crippen molar-refractivity contribution < 1.29 is 0 Å². The summed E-state index contributed by atoms with van der Waals surface area (Å²) in [4.78, 5) is 6.73. The Morgan fingerprint density at radius 3 is 2.80 bits per heavy atom. The summed E-state index contributed by atoms with van der Waals surface area (Å²) in [5.74, 6) is 1.40. The summed E-state index contributed by atoms with van der Waals surface area (Å²) in [5.41, 5.74) is 2.51. The number of anilines is 3. The van der Waals surface area contributed by atoms with E-state index in [1.54, 1.807) is 13.1 Å². The highest BCUT2D eigenvalue weighted by molar-refractivity contribution is 6.37. The number of hydrogen-bond donors (Lipinski definition) is 1. The van der Waals surface area contributed by atoms with Crippen LogP contribution >= 0.6 is 23.2 Å². The Morgan fingerprint density at radius 2 is 2.00 bits per heavy atom. The van der Waals surface area contributed by atoms with Gasteiger partial charge >= 0.3 is 0 Å². The number of halogens is 2. The molecule has 0 bridgehead atoms. The average Bonchev–Trinajstić information content (AvgIpc) is 2.47. The van der Waals surface area contributed by atoms with Crippen LogP contribution in [0.3, 0.4) is 0 Å². The number of fused-ring (bicyclic) bond motifs is 1. The van der Waals surface area contributed by atoms with Gasteiger partial charge in [-0.05, 0) is 30.5 Å². The minimum Gasteiger partial charge on any atom is -0.372 e. The Bertz CT molecular complexity index is 643. The van der Waals surface area contributed by atoms with E-state index >= 15 is 0 Å². The molecule has 1 aliphatic heterocycles. The molecule has 1 aromatic carbocycles. The quantitative estimate of drug-likeness (QED) is 0.884.